The number of anilines is 6. The number of benzene rings is 2. The average molecular weight is 1250 g/mol. The fraction of sp³-hybridized carbons (Fsp3) is 0.436. The second kappa shape index (κ2) is 27.9. The first kappa shape index (κ1) is 66.9. The van der Waals surface area contributed by atoms with Crippen molar-refractivity contribution in [1.29, 1.82) is 0 Å². The Kier molecular flexibility index (Phi) is 22.2. The number of alkyl halides is 6. The number of halogens is 6. The van der Waals surface area contributed by atoms with E-state index in [0.717, 1.165) is 75.3 Å². The van der Waals surface area contributed by atoms with Crippen LogP contribution in [0.3, 0.4) is 0 Å². The number of amides is 2. The van der Waals surface area contributed by atoms with Crippen molar-refractivity contribution >= 4 is 94.7 Å². The highest BCUT2D eigenvalue weighted by molar-refractivity contribution is 7.59. The standard InChI is InChI=1S/C28H29F3N6O4.C16H15F3N4.C11H16N2O3.4H2S/c1-27(2)40-16-21(41-27)15-39-20-8-9-32-23(12-20)34-26(38)37-19-7-4-10-36(14-19)22-13-33-24(35-25(22)37)17-5-3-6-18(11-17)28(29,30)31;17-16(18,19)11-4-1-3-10(7-11)14-20-8-13-15(22-14)21-12-5-2-6-23(13)9-12;1-11(2)15-7-9(16-11)6-14-8-3-4-13-10(12)5-8;;;;/h3,5-6,8-9,11-13,19,21H,4,7,10,14-16H2,1-2H3,(H,32,34,38);1,3-4,7-8,12H,2,5-6,9H2,(H,20,21,22);3-5,9H,6-7H2,1-2H3,(H2,12,13);4*1H2/t19-,21-;12-;9-;;;;/m000..../s1. The third-order valence-corrected chi connectivity index (χ3v) is 13.8. The minimum Gasteiger partial charge on any atom is -0.491 e. The van der Waals surface area contributed by atoms with E-state index in [0.29, 0.717) is 78.4 Å². The Morgan fingerprint density at radius 1 is 0.690 bits per heavy atom. The van der Waals surface area contributed by atoms with Gasteiger partial charge in [0.25, 0.3) is 0 Å². The highest BCUT2D eigenvalue weighted by atomic mass is 32.1. The normalized spacial score (nSPS) is 20.3. The Labute approximate surface area is 509 Å². The SMILES string of the molecule is CC1(C)OC[C@H](COc2ccnc(N)c2)O1.CC1(C)OC[C@H](COc2ccnc(NC(=O)N3c4nc(-c5cccc(C(F)(F)F)c5)ncc4N4CCC[C@H]3C4)c2)O1.FC(F)(F)c1cccc(-c2ncc3c(n2)N[C@H]2CCCN3C2)c1.S.S.S.S. The van der Waals surface area contributed by atoms with Gasteiger partial charge in [-0.25, -0.2) is 34.7 Å². The van der Waals surface area contributed by atoms with Crippen LogP contribution in [0.4, 0.5) is 65.8 Å². The van der Waals surface area contributed by atoms with Gasteiger partial charge in [0.2, 0.25) is 0 Å². The molecule has 2 aromatic carbocycles. The number of aromatic nitrogens is 6. The third kappa shape index (κ3) is 16.6. The molecule has 2 amide bonds. The first-order valence-corrected chi connectivity index (χ1v) is 26.1. The molecule has 12 rings (SSSR count). The fourth-order valence-electron chi connectivity index (χ4n) is 10.1. The molecular formula is C55H68F6N12O7S4. The summed E-state index contributed by atoms with van der Waals surface area (Å²) in [5.41, 5.74) is 6.21. The molecule has 84 heavy (non-hydrogen) atoms. The molecule has 19 nitrogen and oxygen atoms in total. The van der Waals surface area contributed by atoms with Crippen LogP contribution < -0.4 is 40.5 Å². The zero-order valence-corrected chi connectivity index (χ0v) is 50.3. The average Bonchev–Trinajstić information content (AvgIpc) is 4.03. The number of carbonyl (C=O) groups is 1. The third-order valence-electron chi connectivity index (χ3n) is 13.8. The number of fused-ring (bicyclic) bond motifs is 8. The molecule has 0 unspecified atom stereocenters. The van der Waals surface area contributed by atoms with Gasteiger partial charge < -0.3 is 49.3 Å². The number of nitrogens with two attached hydrogens (primary N) is 1. The van der Waals surface area contributed by atoms with E-state index in [-0.39, 0.29) is 96.0 Å². The van der Waals surface area contributed by atoms with E-state index in [9.17, 15) is 31.1 Å². The number of ether oxygens (including phenoxy) is 6. The van der Waals surface area contributed by atoms with Gasteiger partial charge in [-0.1, -0.05) is 24.3 Å². The number of rotatable bonds is 9. The lowest BCUT2D eigenvalue weighted by Crippen LogP contribution is -2.56. The van der Waals surface area contributed by atoms with Gasteiger partial charge in [-0.15, -0.1) is 0 Å². The first-order chi connectivity index (χ1) is 38.1. The van der Waals surface area contributed by atoms with Crippen LogP contribution in [0.2, 0.25) is 0 Å². The van der Waals surface area contributed by atoms with Gasteiger partial charge in [0, 0.05) is 67.9 Å². The van der Waals surface area contributed by atoms with Crippen molar-refractivity contribution in [3.05, 3.63) is 109 Å². The molecule has 0 saturated carbocycles. The number of nitrogens with one attached hydrogen (secondary N) is 2. The summed E-state index contributed by atoms with van der Waals surface area (Å²) in [6, 6.07) is 16.4. The molecule has 4 atom stereocenters. The lowest BCUT2D eigenvalue weighted by atomic mass is 10.0. The maximum Gasteiger partial charge on any atom is 0.416 e. The number of carbonyl (C=O) groups excluding carboxylic acids is 1. The van der Waals surface area contributed by atoms with Gasteiger partial charge in [0.1, 0.15) is 48.6 Å². The van der Waals surface area contributed by atoms with Crippen LogP contribution in [-0.2, 0) is 31.3 Å². The van der Waals surface area contributed by atoms with Crippen molar-refractivity contribution < 1.29 is 59.6 Å². The van der Waals surface area contributed by atoms with E-state index in [1.54, 1.807) is 53.8 Å². The smallest absolute Gasteiger partial charge is 0.416 e. The van der Waals surface area contributed by atoms with Gasteiger partial charge >= 0.3 is 18.4 Å². The lowest BCUT2D eigenvalue weighted by Gasteiger charge is -2.45. The monoisotopic (exact) mass is 1250 g/mol. The topological polar surface area (TPSA) is 210 Å². The Morgan fingerprint density at radius 2 is 1.23 bits per heavy atom. The van der Waals surface area contributed by atoms with Gasteiger partial charge in [-0.3, -0.25) is 10.2 Å². The lowest BCUT2D eigenvalue weighted by molar-refractivity contribution is -0.141. The molecule has 29 heteroatoms. The van der Waals surface area contributed by atoms with Crippen LogP contribution in [0.1, 0.15) is 64.5 Å². The van der Waals surface area contributed by atoms with Crippen molar-refractivity contribution in [3.63, 3.8) is 0 Å². The molecule has 10 heterocycles. The fourth-order valence-corrected chi connectivity index (χ4v) is 10.1. The number of urea groups is 1. The van der Waals surface area contributed by atoms with Crippen LogP contribution in [-0.4, -0.2) is 124 Å². The summed E-state index contributed by atoms with van der Waals surface area (Å²) in [7, 11) is 0. The van der Waals surface area contributed by atoms with Crippen molar-refractivity contribution in [2.75, 3.05) is 83.7 Å². The van der Waals surface area contributed by atoms with E-state index < -0.39 is 41.1 Å². The molecule has 6 aromatic rings. The second-order valence-corrected chi connectivity index (χ2v) is 20.8. The minimum atomic E-state index is -4.50. The second-order valence-electron chi connectivity index (χ2n) is 20.8. The van der Waals surface area contributed by atoms with E-state index >= 15 is 0 Å². The summed E-state index contributed by atoms with van der Waals surface area (Å²) in [6.45, 7) is 12.4. The minimum absolute atomic E-state index is 0. The number of pyridine rings is 2. The Morgan fingerprint density at radius 3 is 1.79 bits per heavy atom. The zero-order valence-electron chi connectivity index (χ0n) is 46.3. The highest BCUT2D eigenvalue weighted by Crippen LogP contribution is 2.41. The molecule has 6 aliphatic heterocycles. The van der Waals surface area contributed by atoms with E-state index in [2.05, 4.69) is 50.3 Å². The molecule has 4 N–H and O–H groups in total. The first-order valence-electron chi connectivity index (χ1n) is 26.1. The summed E-state index contributed by atoms with van der Waals surface area (Å²) in [5, 5.41) is 6.21. The largest absolute Gasteiger partial charge is 0.491 e. The quantitative estimate of drug-likeness (QED) is 0.115. The van der Waals surface area contributed by atoms with Crippen molar-refractivity contribution in [1.82, 2.24) is 29.9 Å². The zero-order chi connectivity index (χ0) is 56.4. The van der Waals surface area contributed by atoms with Crippen LogP contribution >= 0.6 is 54.0 Å². The Bertz CT molecular complexity index is 3200. The maximum absolute atomic E-state index is 13.7. The van der Waals surface area contributed by atoms with Crippen molar-refractivity contribution in [2.45, 2.75) is 102 Å². The van der Waals surface area contributed by atoms with E-state index in [1.807, 2.05) is 27.7 Å². The summed E-state index contributed by atoms with van der Waals surface area (Å²) >= 11 is 0. The molecule has 0 radical (unpaired) electrons. The van der Waals surface area contributed by atoms with Crippen LogP contribution in [0.15, 0.2) is 97.6 Å². The van der Waals surface area contributed by atoms with Crippen LogP contribution in [0.25, 0.3) is 22.8 Å². The Hall–Kier alpha value is -6.21. The van der Waals surface area contributed by atoms with Crippen LogP contribution in [0.5, 0.6) is 11.5 Å². The molecule has 0 spiro atoms. The van der Waals surface area contributed by atoms with Crippen molar-refractivity contribution in [2.24, 2.45) is 0 Å². The van der Waals surface area contributed by atoms with Gasteiger partial charge in [-0.2, -0.15) is 80.3 Å². The molecule has 4 saturated heterocycles. The van der Waals surface area contributed by atoms with Gasteiger partial charge in [0.15, 0.2) is 34.9 Å². The maximum atomic E-state index is 13.7. The molecule has 4 bridgehead atoms. The van der Waals surface area contributed by atoms with Gasteiger partial charge in [-0.05, 0) is 89.8 Å². The van der Waals surface area contributed by atoms with E-state index in [4.69, 9.17) is 34.2 Å². The van der Waals surface area contributed by atoms with Gasteiger partial charge in [0.05, 0.1) is 54.2 Å². The molecule has 456 valence electrons. The van der Waals surface area contributed by atoms with E-state index in [1.165, 1.54) is 24.4 Å². The van der Waals surface area contributed by atoms with Crippen LogP contribution in [0, 0.1) is 0 Å². The van der Waals surface area contributed by atoms with Crippen molar-refractivity contribution in [3.8, 4) is 34.3 Å². The summed E-state index contributed by atoms with van der Waals surface area (Å²) in [6.07, 6.45) is 1.11. The number of hydrogen-bond acceptors (Lipinski definition) is 17. The molecule has 6 aliphatic rings. The Balaban J connectivity index is 0.000000222. The summed E-state index contributed by atoms with van der Waals surface area (Å²) in [4.78, 5) is 45.4. The molecule has 0 aliphatic carbocycles. The number of nitrogen functional groups attached to an aromatic ring is 1. The molecular weight excluding hydrogens is 1180 g/mol. The molecule has 4 fully saturated rings. The number of piperidine rings is 2. The predicted molar refractivity (Wildman–Crippen MR) is 326 cm³/mol. The number of hydrogen-bond donors (Lipinski definition) is 3. The summed E-state index contributed by atoms with van der Waals surface area (Å²) in [5.74, 6) is 2.22. The number of nitrogens with zero attached hydrogens (tertiary/aromatic N) is 9. The predicted octanol–water partition coefficient (Wildman–Crippen LogP) is 10.3. The highest BCUT2D eigenvalue weighted by Gasteiger charge is 2.40. The molecule has 4 aromatic heterocycles. The summed E-state index contributed by atoms with van der Waals surface area (Å²) < 4.78 is 112.